The van der Waals surface area contributed by atoms with Crippen molar-refractivity contribution in [2.24, 2.45) is 0 Å². The van der Waals surface area contributed by atoms with E-state index >= 15 is 0 Å². The summed E-state index contributed by atoms with van der Waals surface area (Å²) in [6.45, 7) is 3.60. The van der Waals surface area contributed by atoms with Gasteiger partial charge in [-0.1, -0.05) is 18.2 Å². The van der Waals surface area contributed by atoms with E-state index in [1.165, 1.54) is 0 Å². The fraction of sp³-hybridized carbons (Fsp3) is 0.462. The average molecular weight is 218 g/mol. The standard InChI is InChI=1S/C13H18N2O/c1-12(8-9-14)15-10-5-11-16-13-6-3-2-4-7-13/h2-4,6-7,12,15H,5,8,10-11H2,1H3. The maximum Gasteiger partial charge on any atom is 0.119 e. The van der Waals surface area contributed by atoms with Gasteiger partial charge < -0.3 is 10.1 Å². The SMILES string of the molecule is CC(CC#N)NCCCOc1ccccc1. The largest absolute Gasteiger partial charge is 0.494 e. The zero-order valence-electron chi connectivity index (χ0n) is 9.65. The number of rotatable bonds is 7. The molecular formula is C13H18N2O. The van der Waals surface area contributed by atoms with Gasteiger partial charge in [0.15, 0.2) is 0 Å². The molecule has 3 nitrogen and oxygen atoms in total. The summed E-state index contributed by atoms with van der Waals surface area (Å²) in [5.41, 5.74) is 0. The van der Waals surface area contributed by atoms with Crippen LogP contribution in [0.15, 0.2) is 30.3 Å². The fourth-order valence-electron chi connectivity index (χ4n) is 1.34. The lowest BCUT2D eigenvalue weighted by Crippen LogP contribution is -2.27. The Kier molecular flexibility index (Phi) is 6.05. The minimum absolute atomic E-state index is 0.265. The van der Waals surface area contributed by atoms with Crippen LogP contribution in [0.2, 0.25) is 0 Å². The number of para-hydroxylation sites is 1. The summed E-state index contributed by atoms with van der Waals surface area (Å²) in [5, 5.41) is 11.7. The summed E-state index contributed by atoms with van der Waals surface area (Å²) >= 11 is 0. The van der Waals surface area contributed by atoms with Gasteiger partial charge in [-0.2, -0.15) is 5.26 Å². The van der Waals surface area contributed by atoms with E-state index in [1.807, 2.05) is 37.3 Å². The van der Waals surface area contributed by atoms with E-state index in [-0.39, 0.29) is 6.04 Å². The van der Waals surface area contributed by atoms with Crippen LogP contribution >= 0.6 is 0 Å². The predicted octanol–water partition coefficient (Wildman–Crippen LogP) is 2.35. The van der Waals surface area contributed by atoms with Crippen molar-refractivity contribution >= 4 is 0 Å². The lowest BCUT2D eigenvalue weighted by atomic mass is 10.2. The minimum atomic E-state index is 0.265. The van der Waals surface area contributed by atoms with E-state index in [1.54, 1.807) is 0 Å². The van der Waals surface area contributed by atoms with Crippen LogP contribution in [0.3, 0.4) is 0 Å². The van der Waals surface area contributed by atoms with Gasteiger partial charge in [-0.25, -0.2) is 0 Å². The second-order valence-electron chi connectivity index (χ2n) is 3.73. The summed E-state index contributed by atoms with van der Waals surface area (Å²) in [6.07, 6.45) is 1.50. The molecule has 0 bridgehead atoms. The van der Waals surface area contributed by atoms with Crippen molar-refractivity contribution < 1.29 is 4.74 Å². The lowest BCUT2D eigenvalue weighted by molar-refractivity contribution is 0.305. The third-order valence-corrected chi connectivity index (χ3v) is 2.22. The van der Waals surface area contributed by atoms with Gasteiger partial charge in [0.05, 0.1) is 19.1 Å². The average Bonchev–Trinajstić information content (AvgIpc) is 2.30. The summed E-state index contributed by atoms with van der Waals surface area (Å²) in [4.78, 5) is 0. The van der Waals surface area contributed by atoms with Gasteiger partial charge in [0.2, 0.25) is 0 Å². The first-order valence-corrected chi connectivity index (χ1v) is 5.61. The van der Waals surface area contributed by atoms with Crippen molar-refractivity contribution in [3.63, 3.8) is 0 Å². The highest BCUT2D eigenvalue weighted by Crippen LogP contribution is 2.08. The Hall–Kier alpha value is -1.53. The van der Waals surface area contributed by atoms with E-state index in [0.29, 0.717) is 13.0 Å². The van der Waals surface area contributed by atoms with Crippen LogP contribution in [-0.2, 0) is 0 Å². The molecule has 0 aliphatic carbocycles. The van der Waals surface area contributed by atoms with E-state index in [2.05, 4.69) is 11.4 Å². The van der Waals surface area contributed by atoms with Crippen LogP contribution in [0.1, 0.15) is 19.8 Å². The topological polar surface area (TPSA) is 45.0 Å². The molecule has 16 heavy (non-hydrogen) atoms. The molecule has 0 amide bonds. The maximum absolute atomic E-state index is 8.47. The Labute approximate surface area is 97.0 Å². The molecule has 0 fully saturated rings. The van der Waals surface area contributed by atoms with Crippen LogP contribution in [0.25, 0.3) is 0 Å². The van der Waals surface area contributed by atoms with E-state index < -0.39 is 0 Å². The number of hydrogen-bond donors (Lipinski definition) is 1. The normalized spacial score (nSPS) is 11.8. The van der Waals surface area contributed by atoms with Gasteiger partial charge in [0, 0.05) is 6.04 Å². The maximum atomic E-state index is 8.47. The zero-order valence-corrected chi connectivity index (χ0v) is 9.65. The molecule has 0 saturated carbocycles. The Bertz CT molecular complexity index is 318. The monoisotopic (exact) mass is 218 g/mol. The smallest absolute Gasteiger partial charge is 0.119 e. The molecule has 1 unspecified atom stereocenters. The first-order chi connectivity index (χ1) is 7.83. The summed E-state index contributed by atoms with van der Waals surface area (Å²) in [7, 11) is 0. The number of ether oxygens (including phenoxy) is 1. The molecule has 1 rings (SSSR count). The van der Waals surface area contributed by atoms with Gasteiger partial charge >= 0.3 is 0 Å². The number of nitrogens with one attached hydrogen (secondary N) is 1. The molecule has 0 spiro atoms. The molecule has 3 heteroatoms. The highest BCUT2D eigenvalue weighted by molar-refractivity contribution is 5.20. The van der Waals surface area contributed by atoms with E-state index in [9.17, 15) is 0 Å². The Morgan fingerprint density at radius 1 is 1.38 bits per heavy atom. The van der Waals surface area contributed by atoms with E-state index in [4.69, 9.17) is 10.00 Å². The number of hydrogen-bond acceptors (Lipinski definition) is 3. The molecule has 1 aromatic carbocycles. The van der Waals surface area contributed by atoms with Crippen molar-refractivity contribution in [2.75, 3.05) is 13.2 Å². The van der Waals surface area contributed by atoms with Crippen LogP contribution in [0.4, 0.5) is 0 Å². The van der Waals surface area contributed by atoms with Gasteiger partial charge in [-0.3, -0.25) is 0 Å². The number of nitriles is 1. The summed E-state index contributed by atoms with van der Waals surface area (Å²) in [5.74, 6) is 0.910. The van der Waals surface area contributed by atoms with Crippen molar-refractivity contribution in [2.45, 2.75) is 25.8 Å². The molecule has 0 aliphatic heterocycles. The molecule has 1 aromatic rings. The highest BCUT2D eigenvalue weighted by Gasteiger charge is 1.98. The lowest BCUT2D eigenvalue weighted by Gasteiger charge is -2.10. The Balaban J connectivity index is 2.03. The summed E-state index contributed by atoms with van der Waals surface area (Å²) in [6, 6.07) is 12.2. The van der Waals surface area contributed by atoms with Crippen molar-refractivity contribution in [1.29, 1.82) is 5.26 Å². The molecule has 0 radical (unpaired) electrons. The van der Waals surface area contributed by atoms with Gasteiger partial charge in [0.25, 0.3) is 0 Å². The Morgan fingerprint density at radius 3 is 2.81 bits per heavy atom. The van der Waals surface area contributed by atoms with Gasteiger partial charge in [-0.15, -0.1) is 0 Å². The molecular weight excluding hydrogens is 200 g/mol. The fourth-order valence-corrected chi connectivity index (χ4v) is 1.34. The molecule has 1 N–H and O–H groups in total. The van der Waals surface area contributed by atoms with Crippen molar-refractivity contribution in [1.82, 2.24) is 5.32 Å². The third kappa shape index (κ3) is 5.38. The summed E-state index contributed by atoms with van der Waals surface area (Å²) < 4.78 is 5.54. The van der Waals surface area contributed by atoms with Crippen molar-refractivity contribution in [3.8, 4) is 11.8 Å². The molecule has 86 valence electrons. The van der Waals surface area contributed by atoms with Gasteiger partial charge in [0.1, 0.15) is 5.75 Å². The van der Waals surface area contributed by atoms with Crippen molar-refractivity contribution in [3.05, 3.63) is 30.3 Å². The Morgan fingerprint density at radius 2 is 2.12 bits per heavy atom. The molecule has 0 aliphatic rings. The molecule has 0 aromatic heterocycles. The third-order valence-electron chi connectivity index (χ3n) is 2.22. The predicted molar refractivity (Wildman–Crippen MR) is 64.2 cm³/mol. The van der Waals surface area contributed by atoms with Gasteiger partial charge in [-0.05, 0) is 32.0 Å². The second kappa shape index (κ2) is 7.72. The highest BCUT2D eigenvalue weighted by atomic mass is 16.5. The molecule has 0 saturated heterocycles. The van der Waals surface area contributed by atoms with Crippen LogP contribution in [0, 0.1) is 11.3 Å². The van der Waals surface area contributed by atoms with Crippen LogP contribution in [0.5, 0.6) is 5.75 Å². The van der Waals surface area contributed by atoms with Crippen LogP contribution < -0.4 is 10.1 Å². The van der Waals surface area contributed by atoms with E-state index in [0.717, 1.165) is 18.7 Å². The second-order valence-corrected chi connectivity index (χ2v) is 3.73. The zero-order chi connectivity index (χ0) is 11.6. The quantitative estimate of drug-likeness (QED) is 0.714. The number of benzene rings is 1. The minimum Gasteiger partial charge on any atom is -0.494 e. The number of nitrogens with zero attached hydrogens (tertiary/aromatic N) is 1. The molecule has 1 atom stereocenters. The van der Waals surface area contributed by atoms with Crippen LogP contribution in [-0.4, -0.2) is 19.2 Å². The molecule has 0 heterocycles. The first kappa shape index (κ1) is 12.5. The first-order valence-electron chi connectivity index (χ1n) is 5.61.